The van der Waals surface area contributed by atoms with Gasteiger partial charge in [0.25, 0.3) is 0 Å². The molecule has 0 bridgehead atoms. The van der Waals surface area contributed by atoms with Crippen molar-refractivity contribution in [3.8, 4) is 0 Å². The number of pyridine rings is 1. The number of aliphatic hydroxyl groups is 1. The van der Waals surface area contributed by atoms with Crippen molar-refractivity contribution in [2.24, 2.45) is 0 Å². The summed E-state index contributed by atoms with van der Waals surface area (Å²) in [6.45, 7) is 0.355. The largest absolute Gasteiger partial charge is 0.392 e. The van der Waals surface area contributed by atoms with E-state index in [1.165, 1.54) is 6.07 Å². The zero-order valence-corrected chi connectivity index (χ0v) is 11.2. The molecule has 0 aliphatic heterocycles. The van der Waals surface area contributed by atoms with E-state index in [2.05, 4.69) is 4.98 Å². The van der Waals surface area contributed by atoms with Crippen LogP contribution in [0.1, 0.15) is 11.1 Å². The van der Waals surface area contributed by atoms with Crippen LogP contribution in [0.15, 0.2) is 36.5 Å². The molecule has 0 fully saturated rings. The molecule has 1 heterocycles. The fourth-order valence-corrected chi connectivity index (χ4v) is 2.00. The lowest BCUT2D eigenvalue weighted by Gasteiger charge is -2.20. The number of nitrogens with zero attached hydrogens (tertiary/aromatic N) is 2. The van der Waals surface area contributed by atoms with Crippen LogP contribution in [0.4, 0.5) is 10.2 Å². The van der Waals surface area contributed by atoms with E-state index in [-0.39, 0.29) is 6.61 Å². The molecule has 0 amide bonds. The van der Waals surface area contributed by atoms with Crippen molar-refractivity contribution >= 4 is 17.4 Å². The van der Waals surface area contributed by atoms with Gasteiger partial charge in [-0.3, -0.25) is 0 Å². The first-order valence-corrected chi connectivity index (χ1v) is 6.19. The van der Waals surface area contributed by atoms with Crippen molar-refractivity contribution in [3.63, 3.8) is 0 Å². The highest BCUT2D eigenvalue weighted by molar-refractivity contribution is 6.30. The molecule has 2 rings (SSSR count). The molecule has 19 heavy (non-hydrogen) atoms. The molecule has 5 heteroatoms. The number of aliphatic hydroxyl groups excluding tert-OH is 1. The molecule has 100 valence electrons. The number of hydrogen-bond donors (Lipinski definition) is 1. The minimum absolute atomic E-state index is 0.245. The molecule has 1 aromatic heterocycles. The lowest BCUT2D eigenvalue weighted by molar-refractivity contribution is 0.281. The van der Waals surface area contributed by atoms with Crippen LogP contribution >= 0.6 is 11.6 Å². The normalized spacial score (nSPS) is 10.5. The van der Waals surface area contributed by atoms with Gasteiger partial charge in [-0.1, -0.05) is 23.7 Å². The zero-order valence-electron chi connectivity index (χ0n) is 10.5. The Bertz CT molecular complexity index is 560. The summed E-state index contributed by atoms with van der Waals surface area (Å²) >= 11 is 5.83. The topological polar surface area (TPSA) is 36.4 Å². The molecular weight excluding hydrogens is 267 g/mol. The molecule has 0 unspecified atom stereocenters. The minimum Gasteiger partial charge on any atom is -0.392 e. The van der Waals surface area contributed by atoms with Crippen molar-refractivity contribution in [3.05, 3.63) is 58.5 Å². The van der Waals surface area contributed by atoms with E-state index < -0.39 is 5.82 Å². The molecule has 0 spiro atoms. The van der Waals surface area contributed by atoms with Crippen molar-refractivity contribution in [2.45, 2.75) is 13.2 Å². The molecular formula is C14H14ClFN2O. The van der Waals surface area contributed by atoms with Crippen LogP contribution in [-0.4, -0.2) is 17.1 Å². The van der Waals surface area contributed by atoms with Gasteiger partial charge in [0.2, 0.25) is 0 Å². The van der Waals surface area contributed by atoms with Crippen LogP contribution in [-0.2, 0) is 13.2 Å². The third-order valence-corrected chi connectivity index (χ3v) is 3.03. The van der Waals surface area contributed by atoms with Gasteiger partial charge in [0.05, 0.1) is 12.8 Å². The summed E-state index contributed by atoms with van der Waals surface area (Å²) in [4.78, 5) is 5.88. The predicted octanol–water partition coefficient (Wildman–Crippen LogP) is 3.00. The summed E-state index contributed by atoms with van der Waals surface area (Å²) in [6, 6.07) is 8.76. The standard InChI is InChI=1S/C14H14ClFN2O/c1-18(8-10-2-4-12(15)5-3-10)14-11(9-19)6-13(16)7-17-14/h2-7,19H,8-9H2,1H3. The summed E-state index contributed by atoms with van der Waals surface area (Å²) in [5.41, 5.74) is 1.53. The third kappa shape index (κ3) is 3.43. The Morgan fingerprint density at radius 3 is 2.63 bits per heavy atom. The zero-order chi connectivity index (χ0) is 13.8. The van der Waals surface area contributed by atoms with E-state index in [1.807, 2.05) is 36.2 Å². The lowest BCUT2D eigenvalue weighted by Crippen LogP contribution is -2.19. The van der Waals surface area contributed by atoms with Gasteiger partial charge in [-0.2, -0.15) is 0 Å². The molecule has 1 aromatic carbocycles. The van der Waals surface area contributed by atoms with Crippen LogP contribution in [0.25, 0.3) is 0 Å². The Morgan fingerprint density at radius 2 is 2.00 bits per heavy atom. The van der Waals surface area contributed by atoms with E-state index in [4.69, 9.17) is 11.6 Å². The van der Waals surface area contributed by atoms with Crippen molar-refractivity contribution < 1.29 is 9.50 Å². The predicted molar refractivity (Wildman–Crippen MR) is 73.7 cm³/mol. The first-order chi connectivity index (χ1) is 9.10. The Hall–Kier alpha value is -1.65. The molecule has 1 N–H and O–H groups in total. The Morgan fingerprint density at radius 1 is 1.32 bits per heavy atom. The van der Waals surface area contributed by atoms with Crippen LogP contribution in [0.5, 0.6) is 0 Å². The van der Waals surface area contributed by atoms with E-state index in [0.29, 0.717) is 22.9 Å². The molecule has 0 saturated carbocycles. The average Bonchev–Trinajstić information content (AvgIpc) is 2.41. The highest BCUT2D eigenvalue weighted by Gasteiger charge is 2.10. The monoisotopic (exact) mass is 280 g/mol. The maximum atomic E-state index is 13.1. The molecule has 3 nitrogen and oxygen atoms in total. The van der Waals surface area contributed by atoms with Crippen molar-refractivity contribution in [2.75, 3.05) is 11.9 Å². The van der Waals surface area contributed by atoms with Crippen molar-refractivity contribution in [1.29, 1.82) is 0 Å². The Balaban J connectivity index is 2.19. The molecule has 0 saturated heterocycles. The van der Waals surface area contributed by atoms with E-state index in [9.17, 15) is 9.50 Å². The van der Waals surface area contributed by atoms with Gasteiger partial charge >= 0.3 is 0 Å². The minimum atomic E-state index is -0.451. The molecule has 0 atom stereocenters. The van der Waals surface area contributed by atoms with Gasteiger partial charge in [0.1, 0.15) is 11.6 Å². The van der Waals surface area contributed by atoms with Gasteiger partial charge in [0, 0.05) is 24.2 Å². The summed E-state index contributed by atoms with van der Waals surface area (Å²) in [7, 11) is 1.84. The van der Waals surface area contributed by atoms with Gasteiger partial charge in [-0.05, 0) is 23.8 Å². The van der Waals surface area contributed by atoms with E-state index in [1.54, 1.807) is 0 Å². The number of aromatic nitrogens is 1. The van der Waals surface area contributed by atoms with E-state index in [0.717, 1.165) is 11.8 Å². The number of anilines is 1. The first-order valence-electron chi connectivity index (χ1n) is 5.81. The number of halogens is 2. The number of hydrogen-bond acceptors (Lipinski definition) is 3. The summed E-state index contributed by atoms with van der Waals surface area (Å²) in [5, 5.41) is 9.93. The fraction of sp³-hybridized carbons (Fsp3) is 0.214. The second kappa shape index (κ2) is 5.99. The first kappa shape index (κ1) is 13.8. The second-order valence-electron chi connectivity index (χ2n) is 4.28. The highest BCUT2D eigenvalue weighted by atomic mass is 35.5. The van der Waals surface area contributed by atoms with Crippen LogP contribution in [0.3, 0.4) is 0 Å². The second-order valence-corrected chi connectivity index (χ2v) is 4.71. The van der Waals surface area contributed by atoms with Crippen molar-refractivity contribution in [1.82, 2.24) is 4.98 Å². The maximum Gasteiger partial charge on any atom is 0.142 e. The lowest BCUT2D eigenvalue weighted by atomic mass is 10.2. The van der Waals surface area contributed by atoms with Crippen LogP contribution in [0, 0.1) is 5.82 Å². The smallest absolute Gasteiger partial charge is 0.142 e. The Kier molecular flexibility index (Phi) is 4.35. The highest BCUT2D eigenvalue weighted by Crippen LogP contribution is 2.20. The summed E-state index contributed by atoms with van der Waals surface area (Å²) in [6.07, 6.45) is 1.15. The average molecular weight is 281 g/mol. The summed E-state index contributed by atoms with van der Waals surface area (Å²) < 4.78 is 13.1. The molecule has 0 radical (unpaired) electrons. The third-order valence-electron chi connectivity index (χ3n) is 2.77. The quantitative estimate of drug-likeness (QED) is 0.935. The molecule has 0 aliphatic rings. The van der Waals surface area contributed by atoms with Gasteiger partial charge < -0.3 is 10.0 Å². The molecule has 2 aromatic rings. The van der Waals surface area contributed by atoms with Crippen LogP contribution in [0.2, 0.25) is 5.02 Å². The number of benzene rings is 1. The van der Waals surface area contributed by atoms with Gasteiger partial charge in [-0.15, -0.1) is 0 Å². The fourth-order valence-electron chi connectivity index (χ4n) is 1.87. The Labute approximate surface area is 116 Å². The van der Waals surface area contributed by atoms with Gasteiger partial charge in [-0.25, -0.2) is 9.37 Å². The molecule has 0 aliphatic carbocycles. The summed E-state index contributed by atoms with van der Waals surface area (Å²) in [5.74, 6) is 0.117. The van der Waals surface area contributed by atoms with Gasteiger partial charge in [0.15, 0.2) is 0 Å². The van der Waals surface area contributed by atoms with E-state index >= 15 is 0 Å². The number of rotatable bonds is 4. The maximum absolute atomic E-state index is 13.1. The SMILES string of the molecule is CN(Cc1ccc(Cl)cc1)c1ncc(F)cc1CO. The van der Waals surface area contributed by atoms with Crippen LogP contribution < -0.4 is 4.90 Å².